The lowest BCUT2D eigenvalue weighted by molar-refractivity contribution is 0.0935. The SMILES string of the molecule is CC(C)c1cnc(Cl)c(C(=O)NC2(C)CC2)c1. The first kappa shape index (κ1) is 12.4. The summed E-state index contributed by atoms with van der Waals surface area (Å²) < 4.78 is 0. The highest BCUT2D eigenvalue weighted by Crippen LogP contribution is 2.35. The van der Waals surface area contributed by atoms with Crippen LogP contribution < -0.4 is 5.32 Å². The van der Waals surface area contributed by atoms with Crippen molar-refractivity contribution in [1.29, 1.82) is 0 Å². The van der Waals surface area contributed by atoms with Crippen molar-refractivity contribution in [3.05, 3.63) is 28.5 Å². The highest BCUT2D eigenvalue weighted by Gasteiger charge is 2.39. The van der Waals surface area contributed by atoms with Gasteiger partial charge in [0.25, 0.3) is 5.91 Å². The Morgan fingerprint density at radius 2 is 2.18 bits per heavy atom. The Labute approximate surface area is 107 Å². The van der Waals surface area contributed by atoms with Crippen LogP contribution in [0.1, 0.15) is 55.5 Å². The molecule has 0 saturated heterocycles. The molecule has 0 atom stereocenters. The lowest BCUT2D eigenvalue weighted by Crippen LogP contribution is -2.34. The van der Waals surface area contributed by atoms with Gasteiger partial charge >= 0.3 is 0 Å². The third-order valence-corrected chi connectivity index (χ3v) is 3.49. The quantitative estimate of drug-likeness (QED) is 0.840. The number of carbonyl (C=O) groups excluding carboxylic acids is 1. The molecule has 3 nitrogen and oxygen atoms in total. The van der Waals surface area contributed by atoms with Crippen LogP contribution in [0.5, 0.6) is 0 Å². The van der Waals surface area contributed by atoms with Crippen LogP contribution in [-0.2, 0) is 0 Å². The third-order valence-electron chi connectivity index (χ3n) is 3.19. The van der Waals surface area contributed by atoms with E-state index in [4.69, 9.17) is 11.6 Å². The zero-order chi connectivity index (χ0) is 12.6. The lowest BCUT2D eigenvalue weighted by Gasteiger charge is -2.13. The van der Waals surface area contributed by atoms with Gasteiger partial charge < -0.3 is 5.32 Å². The number of carbonyl (C=O) groups is 1. The van der Waals surface area contributed by atoms with Gasteiger partial charge in [0, 0.05) is 11.7 Å². The molecule has 1 amide bonds. The van der Waals surface area contributed by atoms with Gasteiger partial charge in [0.2, 0.25) is 0 Å². The van der Waals surface area contributed by atoms with Gasteiger partial charge in [0.05, 0.1) is 5.56 Å². The summed E-state index contributed by atoms with van der Waals surface area (Å²) in [5, 5.41) is 3.26. The Morgan fingerprint density at radius 3 is 2.71 bits per heavy atom. The summed E-state index contributed by atoms with van der Waals surface area (Å²) in [4.78, 5) is 16.1. The molecule has 0 aromatic carbocycles. The second-order valence-corrected chi connectivity index (χ2v) is 5.63. The first-order valence-corrected chi connectivity index (χ1v) is 6.27. The Hall–Kier alpha value is -1.09. The summed E-state index contributed by atoms with van der Waals surface area (Å²) in [6, 6.07) is 1.83. The number of amides is 1. The smallest absolute Gasteiger partial charge is 0.254 e. The van der Waals surface area contributed by atoms with Crippen LogP contribution in [0.25, 0.3) is 0 Å². The molecule has 1 N–H and O–H groups in total. The number of pyridine rings is 1. The first-order chi connectivity index (χ1) is 7.91. The lowest BCUT2D eigenvalue weighted by atomic mass is 10.0. The highest BCUT2D eigenvalue weighted by atomic mass is 35.5. The molecule has 92 valence electrons. The molecular weight excluding hydrogens is 236 g/mol. The zero-order valence-corrected chi connectivity index (χ0v) is 11.1. The summed E-state index contributed by atoms with van der Waals surface area (Å²) >= 11 is 5.97. The van der Waals surface area contributed by atoms with E-state index in [2.05, 4.69) is 24.1 Å². The summed E-state index contributed by atoms with van der Waals surface area (Å²) in [7, 11) is 0. The van der Waals surface area contributed by atoms with Crippen LogP contribution in [0.2, 0.25) is 5.15 Å². The second-order valence-electron chi connectivity index (χ2n) is 5.28. The monoisotopic (exact) mass is 252 g/mol. The van der Waals surface area contributed by atoms with Crippen molar-refractivity contribution in [3.8, 4) is 0 Å². The van der Waals surface area contributed by atoms with Crippen LogP contribution in [0, 0.1) is 0 Å². The fraction of sp³-hybridized carbons (Fsp3) is 0.538. The summed E-state index contributed by atoms with van der Waals surface area (Å²) in [6.07, 6.45) is 3.80. The molecule has 1 heterocycles. The summed E-state index contributed by atoms with van der Waals surface area (Å²) in [5.74, 6) is 0.216. The van der Waals surface area contributed by atoms with Crippen molar-refractivity contribution in [1.82, 2.24) is 10.3 Å². The van der Waals surface area contributed by atoms with Crippen molar-refractivity contribution >= 4 is 17.5 Å². The Morgan fingerprint density at radius 1 is 1.53 bits per heavy atom. The average Bonchev–Trinajstić information content (AvgIpc) is 2.96. The molecule has 0 unspecified atom stereocenters. The van der Waals surface area contributed by atoms with E-state index < -0.39 is 0 Å². The molecule has 0 spiro atoms. The van der Waals surface area contributed by atoms with E-state index in [9.17, 15) is 4.79 Å². The number of hydrogen-bond donors (Lipinski definition) is 1. The normalized spacial score (nSPS) is 17.0. The minimum atomic E-state index is -0.120. The number of halogens is 1. The van der Waals surface area contributed by atoms with Gasteiger partial charge in [-0.15, -0.1) is 0 Å². The zero-order valence-electron chi connectivity index (χ0n) is 10.4. The van der Waals surface area contributed by atoms with Gasteiger partial charge in [-0.3, -0.25) is 4.79 Å². The number of hydrogen-bond acceptors (Lipinski definition) is 2. The molecule has 1 aromatic heterocycles. The minimum Gasteiger partial charge on any atom is -0.347 e. The highest BCUT2D eigenvalue weighted by molar-refractivity contribution is 6.32. The molecule has 4 heteroatoms. The van der Waals surface area contributed by atoms with Gasteiger partial charge in [0.15, 0.2) is 0 Å². The molecule has 1 aliphatic carbocycles. The largest absolute Gasteiger partial charge is 0.347 e. The van der Waals surface area contributed by atoms with E-state index in [-0.39, 0.29) is 16.6 Å². The van der Waals surface area contributed by atoms with Gasteiger partial charge in [-0.05, 0) is 37.3 Å². The van der Waals surface area contributed by atoms with E-state index in [1.807, 2.05) is 13.0 Å². The first-order valence-electron chi connectivity index (χ1n) is 5.89. The standard InChI is InChI=1S/C13H17ClN2O/c1-8(2)9-6-10(11(14)15-7-9)12(17)16-13(3)4-5-13/h6-8H,4-5H2,1-3H3,(H,16,17). The maximum atomic E-state index is 12.1. The molecule has 17 heavy (non-hydrogen) atoms. The van der Waals surface area contributed by atoms with E-state index in [0.717, 1.165) is 18.4 Å². The molecule has 0 radical (unpaired) electrons. The van der Waals surface area contributed by atoms with Gasteiger partial charge in [-0.1, -0.05) is 25.4 Å². The van der Waals surface area contributed by atoms with Crippen molar-refractivity contribution in [2.45, 2.75) is 45.1 Å². The van der Waals surface area contributed by atoms with Crippen LogP contribution in [0.3, 0.4) is 0 Å². The van der Waals surface area contributed by atoms with Gasteiger partial charge in [0.1, 0.15) is 5.15 Å². The maximum Gasteiger partial charge on any atom is 0.254 e. The number of rotatable bonds is 3. The molecule has 1 fully saturated rings. The van der Waals surface area contributed by atoms with Gasteiger partial charge in [-0.25, -0.2) is 4.98 Å². The minimum absolute atomic E-state index is 0.0335. The topological polar surface area (TPSA) is 42.0 Å². The summed E-state index contributed by atoms with van der Waals surface area (Å²) in [5.41, 5.74) is 1.47. The Bertz CT molecular complexity index is 453. The van der Waals surface area contributed by atoms with Gasteiger partial charge in [-0.2, -0.15) is 0 Å². The van der Waals surface area contributed by atoms with Crippen molar-refractivity contribution in [2.24, 2.45) is 0 Å². The van der Waals surface area contributed by atoms with Crippen molar-refractivity contribution < 1.29 is 4.79 Å². The maximum absolute atomic E-state index is 12.1. The van der Waals surface area contributed by atoms with Crippen LogP contribution in [-0.4, -0.2) is 16.4 Å². The Balaban J connectivity index is 2.24. The predicted molar refractivity (Wildman–Crippen MR) is 68.4 cm³/mol. The summed E-state index contributed by atoms with van der Waals surface area (Å²) in [6.45, 7) is 6.17. The number of aromatic nitrogens is 1. The van der Waals surface area contributed by atoms with E-state index in [1.165, 1.54) is 0 Å². The van der Waals surface area contributed by atoms with E-state index in [0.29, 0.717) is 11.5 Å². The fourth-order valence-corrected chi connectivity index (χ4v) is 1.78. The average molecular weight is 253 g/mol. The van der Waals surface area contributed by atoms with E-state index in [1.54, 1.807) is 6.20 Å². The molecule has 2 rings (SSSR count). The van der Waals surface area contributed by atoms with Crippen molar-refractivity contribution in [3.63, 3.8) is 0 Å². The molecular formula is C13H17ClN2O. The molecule has 1 aromatic rings. The molecule has 1 saturated carbocycles. The van der Waals surface area contributed by atoms with Crippen LogP contribution in [0.15, 0.2) is 12.3 Å². The number of nitrogens with one attached hydrogen (secondary N) is 1. The fourth-order valence-electron chi connectivity index (χ4n) is 1.59. The third kappa shape index (κ3) is 2.78. The second kappa shape index (κ2) is 4.30. The van der Waals surface area contributed by atoms with Crippen molar-refractivity contribution in [2.75, 3.05) is 0 Å². The predicted octanol–water partition coefficient (Wildman–Crippen LogP) is 3.14. The van der Waals surface area contributed by atoms with E-state index >= 15 is 0 Å². The molecule has 0 bridgehead atoms. The Kier molecular flexibility index (Phi) is 3.13. The van der Waals surface area contributed by atoms with Crippen LogP contribution >= 0.6 is 11.6 Å². The molecule has 0 aliphatic heterocycles. The molecule has 1 aliphatic rings. The number of nitrogens with zero attached hydrogens (tertiary/aromatic N) is 1. The van der Waals surface area contributed by atoms with Crippen LogP contribution in [0.4, 0.5) is 0 Å².